The molecule has 3 rings (SSSR count). The van der Waals surface area contributed by atoms with Crippen LogP contribution in [0.15, 0.2) is 36.7 Å². The molecule has 1 aliphatic heterocycles. The van der Waals surface area contributed by atoms with Crippen LogP contribution in [0.2, 0.25) is 0 Å². The summed E-state index contributed by atoms with van der Waals surface area (Å²) in [5.74, 6) is -0.823. The van der Waals surface area contributed by atoms with E-state index in [0.717, 1.165) is 12.1 Å². The van der Waals surface area contributed by atoms with Crippen molar-refractivity contribution in [2.24, 2.45) is 5.92 Å². The van der Waals surface area contributed by atoms with Crippen molar-refractivity contribution in [3.63, 3.8) is 0 Å². The number of aromatic carboxylic acids is 1. The number of carboxylic acid groups (broad SMARTS) is 1. The lowest BCUT2D eigenvalue weighted by Gasteiger charge is -2.20. The number of carboxylic acids is 1. The Balaban J connectivity index is 1.70. The second kappa shape index (κ2) is 7.71. The summed E-state index contributed by atoms with van der Waals surface area (Å²) in [6, 6.07) is 6.66. The number of carbonyl (C=O) groups is 1. The maximum Gasteiger partial charge on any atom is 0.336 e. The molecule has 1 atom stereocenters. The van der Waals surface area contributed by atoms with E-state index in [2.05, 4.69) is 9.97 Å². The summed E-state index contributed by atoms with van der Waals surface area (Å²) in [5, 5.41) is 9.30. The van der Waals surface area contributed by atoms with Gasteiger partial charge in [0, 0.05) is 38.9 Å². The molecule has 0 spiro atoms. The minimum atomic E-state index is -3.38. The van der Waals surface area contributed by atoms with Crippen LogP contribution in [-0.2, 0) is 16.6 Å². The molecule has 2 heterocycles. The molecule has 1 saturated heterocycles. The number of benzene rings is 1. The minimum Gasteiger partial charge on any atom is -0.478 e. The lowest BCUT2D eigenvalue weighted by molar-refractivity contribution is 0.0697. The zero-order valence-electron chi connectivity index (χ0n) is 15.2. The Bertz CT molecular complexity index is 929. The fourth-order valence-corrected chi connectivity index (χ4v) is 4.39. The van der Waals surface area contributed by atoms with Crippen molar-refractivity contribution in [2.45, 2.75) is 12.8 Å². The van der Waals surface area contributed by atoms with E-state index in [1.54, 1.807) is 30.6 Å². The van der Waals surface area contributed by atoms with Gasteiger partial charge in [0.2, 0.25) is 0 Å². The third-order valence-electron chi connectivity index (χ3n) is 4.67. The molecule has 27 heavy (non-hydrogen) atoms. The smallest absolute Gasteiger partial charge is 0.336 e. The third kappa shape index (κ3) is 4.15. The van der Waals surface area contributed by atoms with Gasteiger partial charge in [-0.2, -0.15) is 17.0 Å². The second-order valence-electron chi connectivity index (χ2n) is 6.75. The first-order valence-corrected chi connectivity index (χ1v) is 10.00. The van der Waals surface area contributed by atoms with Crippen molar-refractivity contribution in [2.75, 3.05) is 27.2 Å². The normalized spacial score (nSPS) is 18.1. The topological polar surface area (TPSA) is 104 Å². The summed E-state index contributed by atoms with van der Waals surface area (Å²) in [6.45, 7) is 0.967. The van der Waals surface area contributed by atoms with E-state index in [1.165, 1.54) is 28.8 Å². The number of aromatic nitrogens is 2. The molecule has 1 aromatic heterocycles. The van der Waals surface area contributed by atoms with Crippen molar-refractivity contribution >= 4 is 16.2 Å². The van der Waals surface area contributed by atoms with Crippen LogP contribution >= 0.6 is 0 Å². The molecule has 0 amide bonds. The highest BCUT2D eigenvalue weighted by molar-refractivity contribution is 7.86. The van der Waals surface area contributed by atoms with Crippen LogP contribution in [0.4, 0.5) is 0 Å². The van der Waals surface area contributed by atoms with Crippen LogP contribution in [-0.4, -0.2) is 65.3 Å². The maximum absolute atomic E-state index is 12.2. The summed E-state index contributed by atoms with van der Waals surface area (Å²) in [4.78, 5) is 20.1. The Morgan fingerprint density at radius 3 is 2.63 bits per heavy atom. The Morgan fingerprint density at radius 2 is 2.00 bits per heavy atom. The Labute approximate surface area is 158 Å². The van der Waals surface area contributed by atoms with Gasteiger partial charge >= 0.3 is 5.97 Å². The lowest BCUT2D eigenvalue weighted by atomic mass is 10.0. The van der Waals surface area contributed by atoms with E-state index in [-0.39, 0.29) is 11.5 Å². The van der Waals surface area contributed by atoms with Crippen molar-refractivity contribution in [3.05, 3.63) is 47.9 Å². The summed E-state index contributed by atoms with van der Waals surface area (Å²) >= 11 is 0. The van der Waals surface area contributed by atoms with Gasteiger partial charge in [0.25, 0.3) is 10.2 Å². The summed E-state index contributed by atoms with van der Waals surface area (Å²) in [5.41, 5.74) is 1.97. The van der Waals surface area contributed by atoms with Gasteiger partial charge in [-0.3, -0.25) is 9.97 Å². The largest absolute Gasteiger partial charge is 0.478 e. The quantitative estimate of drug-likeness (QED) is 0.802. The van der Waals surface area contributed by atoms with Crippen molar-refractivity contribution in [1.82, 2.24) is 18.6 Å². The lowest BCUT2D eigenvalue weighted by Crippen LogP contribution is -2.38. The zero-order chi connectivity index (χ0) is 19.6. The van der Waals surface area contributed by atoms with E-state index in [0.29, 0.717) is 30.8 Å². The molecule has 0 unspecified atom stereocenters. The average molecular weight is 390 g/mol. The molecule has 1 fully saturated rings. The van der Waals surface area contributed by atoms with Crippen LogP contribution in [0.25, 0.3) is 11.3 Å². The van der Waals surface area contributed by atoms with E-state index in [1.807, 2.05) is 0 Å². The Morgan fingerprint density at radius 1 is 1.26 bits per heavy atom. The predicted octanol–water partition coefficient (Wildman–Crippen LogP) is 1.51. The molecule has 144 valence electrons. The van der Waals surface area contributed by atoms with E-state index in [9.17, 15) is 18.3 Å². The monoisotopic (exact) mass is 390 g/mol. The summed E-state index contributed by atoms with van der Waals surface area (Å²) in [7, 11) is -0.323. The van der Waals surface area contributed by atoms with E-state index >= 15 is 0 Å². The standard InChI is InChI=1S/C18H22N4O4S/c1-21(2)27(25,26)22-8-7-13(12-22)9-14-10-20-17(11-19-14)15-5-3-4-6-16(15)18(23)24/h3-6,10-11,13H,7-9,12H2,1-2H3,(H,23,24)/t13-/m0/s1. The molecule has 0 bridgehead atoms. The molecule has 2 aromatic rings. The molecule has 9 heteroatoms. The van der Waals surface area contributed by atoms with Gasteiger partial charge < -0.3 is 5.11 Å². The molecular formula is C18H22N4O4S. The van der Waals surface area contributed by atoms with Crippen molar-refractivity contribution in [3.8, 4) is 11.3 Å². The highest BCUT2D eigenvalue weighted by Crippen LogP contribution is 2.25. The van der Waals surface area contributed by atoms with Crippen LogP contribution < -0.4 is 0 Å². The molecule has 0 aliphatic carbocycles. The average Bonchev–Trinajstić information content (AvgIpc) is 3.11. The molecule has 1 aromatic carbocycles. The maximum atomic E-state index is 12.2. The number of nitrogens with zero attached hydrogens (tertiary/aromatic N) is 4. The van der Waals surface area contributed by atoms with Gasteiger partial charge in [-0.25, -0.2) is 4.79 Å². The van der Waals surface area contributed by atoms with Crippen LogP contribution in [0.3, 0.4) is 0 Å². The van der Waals surface area contributed by atoms with Gasteiger partial charge in [-0.05, 0) is 24.8 Å². The molecule has 1 aliphatic rings. The van der Waals surface area contributed by atoms with Gasteiger partial charge in [0.05, 0.1) is 23.1 Å². The molecule has 0 saturated carbocycles. The van der Waals surface area contributed by atoms with Crippen LogP contribution in [0.1, 0.15) is 22.5 Å². The minimum absolute atomic E-state index is 0.180. The van der Waals surface area contributed by atoms with Gasteiger partial charge in [-0.1, -0.05) is 18.2 Å². The predicted molar refractivity (Wildman–Crippen MR) is 100 cm³/mol. The highest BCUT2D eigenvalue weighted by atomic mass is 32.2. The third-order valence-corrected chi connectivity index (χ3v) is 6.58. The number of hydrogen-bond acceptors (Lipinski definition) is 5. The van der Waals surface area contributed by atoms with Crippen molar-refractivity contribution < 1.29 is 18.3 Å². The first kappa shape index (κ1) is 19.4. The zero-order valence-corrected chi connectivity index (χ0v) is 16.1. The highest BCUT2D eigenvalue weighted by Gasteiger charge is 2.32. The van der Waals surface area contributed by atoms with Gasteiger partial charge in [-0.15, -0.1) is 0 Å². The Kier molecular flexibility index (Phi) is 5.54. The molecule has 1 N–H and O–H groups in total. The summed E-state index contributed by atoms with van der Waals surface area (Å²) < 4.78 is 27.1. The molecular weight excluding hydrogens is 368 g/mol. The summed E-state index contributed by atoms with van der Waals surface area (Å²) in [6.07, 6.45) is 4.61. The fraction of sp³-hybridized carbons (Fsp3) is 0.389. The van der Waals surface area contributed by atoms with E-state index < -0.39 is 16.2 Å². The SMILES string of the molecule is CN(C)S(=O)(=O)N1CC[C@@H](Cc2cnc(-c3ccccc3C(=O)O)cn2)C1. The van der Waals surface area contributed by atoms with Gasteiger partial charge in [0.1, 0.15) is 0 Å². The number of hydrogen-bond donors (Lipinski definition) is 1. The second-order valence-corrected chi connectivity index (χ2v) is 8.89. The first-order chi connectivity index (χ1) is 12.8. The first-order valence-electron chi connectivity index (χ1n) is 8.60. The van der Waals surface area contributed by atoms with E-state index in [4.69, 9.17) is 0 Å². The van der Waals surface area contributed by atoms with Crippen molar-refractivity contribution in [1.29, 1.82) is 0 Å². The van der Waals surface area contributed by atoms with Crippen LogP contribution in [0.5, 0.6) is 0 Å². The fourth-order valence-electron chi connectivity index (χ4n) is 3.19. The Hall–Kier alpha value is -2.36. The number of rotatable bonds is 6. The van der Waals surface area contributed by atoms with Crippen LogP contribution in [0, 0.1) is 5.92 Å². The molecule has 0 radical (unpaired) electrons. The molecule has 8 nitrogen and oxygen atoms in total. The van der Waals surface area contributed by atoms with Gasteiger partial charge in [0.15, 0.2) is 0 Å².